The molecule has 0 N–H and O–H groups in total. The molecule has 0 aromatic heterocycles. The highest BCUT2D eigenvalue weighted by Gasteiger charge is 2.25. The Morgan fingerprint density at radius 2 is 2.04 bits per heavy atom. The van der Waals surface area contributed by atoms with E-state index >= 15 is 0 Å². The van der Waals surface area contributed by atoms with Gasteiger partial charge in [-0.3, -0.25) is 4.79 Å². The normalized spacial score (nSPS) is 16.5. The summed E-state index contributed by atoms with van der Waals surface area (Å²) in [6.45, 7) is 2.43. The van der Waals surface area contributed by atoms with E-state index in [9.17, 15) is 9.18 Å². The van der Waals surface area contributed by atoms with Crippen molar-refractivity contribution in [2.24, 2.45) is 5.16 Å². The maximum Gasteiger partial charge on any atom is 0.253 e. The molecule has 2 aromatic rings. The molecule has 0 saturated heterocycles. The molecule has 0 unspecified atom stereocenters. The first kappa shape index (κ1) is 16.2. The minimum atomic E-state index is -0.420. The highest BCUT2D eigenvalue weighted by molar-refractivity contribution is 6.01. The van der Waals surface area contributed by atoms with E-state index in [1.54, 1.807) is 13.1 Å². The quantitative estimate of drug-likeness (QED) is 0.864. The smallest absolute Gasteiger partial charge is 0.253 e. The van der Waals surface area contributed by atoms with Gasteiger partial charge in [0.2, 0.25) is 0 Å². The Kier molecular flexibility index (Phi) is 4.60. The molecule has 4 nitrogen and oxygen atoms in total. The third-order valence-electron chi connectivity index (χ3n) is 4.01. The van der Waals surface area contributed by atoms with Crippen molar-refractivity contribution in [3.05, 3.63) is 71.0 Å². The zero-order valence-corrected chi connectivity index (χ0v) is 13.7. The minimum absolute atomic E-state index is 0.191. The molecule has 0 aliphatic carbocycles. The van der Waals surface area contributed by atoms with Crippen LogP contribution in [0, 0.1) is 12.7 Å². The molecule has 1 amide bonds. The lowest BCUT2D eigenvalue weighted by Crippen LogP contribution is -2.34. The van der Waals surface area contributed by atoms with Gasteiger partial charge in [-0.2, -0.15) is 0 Å². The number of aryl methyl sites for hydroxylation is 1. The number of carbonyl (C=O) groups excluding carboxylic acids is 1. The van der Waals surface area contributed by atoms with Gasteiger partial charge < -0.3 is 9.74 Å². The van der Waals surface area contributed by atoms with E-state index in [1.807, 2.05) is 31.2 Å². The summed E-state index contributed by atoms with van der Waals surface area (Å²) < 4.78 is 13.2. The SMILES string of the molecule is Cc1ccc(C2=NO[C@H](CN(C)C(=O)c3cccc(F)c3)C2)cc1. The second-order valence-corrected chi connectivity index (χ2v) is 6.03. The number of carbonyl (C=O) groups is 1. The lowest BCUT2D eigenvalue weighted by Gasteiger charge is -2.20. The molecule has 24 heavy (non-hydrogen) atoms. The van der Waals surface area contributed by atoms with Crippen molar-refractivity contribution in [3.8, 4) is 0 Å². The van der Waals surface area contributed by atoms with Gasteiger partial charge in [-0.05, 0) is 30.7 Å². The van der Waals surface area contributed by atoms with Gasteiger partial charge in [-0.25, -0.2) is 4.39 Å². The fourth-order valence-electron chi connectivity index (χ4n) is 2.67. The van der Waals surface area contributed by atoms with Crippen molar-refractivity contribution in [2.75, 3.05) is 13.6 Å². The Morgan fingerprint density at radius 3 is 2.75 bits per heavy atom. The van der Waals surface area contributed by atoms with Crippen molar-refractivity contribution in [1.82, 2.24) is 4.90 Å². The van der Waals surface area contributed by atoms with Crippen LogP contribution in [0.15, 0.2) is 53.7 Å². The van der Waals surface area contributed by atoms with Crippen LogP contribution in [0.4, 0.5) is 4.39 Å². The molecule has 1 aliphatic rings. The van der Waals surface area contributed by atoms with Crippen molar-refractivity contribution in [3.63, 3.8) is 0 Å². The highest BCUT2D eigenvalue weighted by atomic mass is 19.1. The molecule has 0 bridgehead atoms. The fraction of sp³-hybridized carbons (Fsp3) is 0.263. The number of hydrogen-bond donors (Lipinski definition) is 0. The largest absolute Gasteiger partial charge is 0.390 e. The average Bonchev–Trinajstić information content (AvgIpc) is 3.03. The van der Waals surface area contributed by atoms with E-state index in [1.165, 1.54) is 28.7 Å². The van der Waals surface area contributed by atoms with Crippen LogP contribution in [0.2, 0.25) is 0 Å². The first-order valence-corrected chi connectivity index (χ1v) is 7.83. The molecule has 0 saturated carbocycles. The van der Waals surface area contributed by atoms with Crippen LogP contribution in [0.1, 0.15) is 27.9 Å². The second-order valence-electron chi connectivity index (χ2n) is 6.03. The lowest BCUT2D eigenvalue weighted by molar-refractivity contribution is 0.0482. The molecule has 2 aromatic carbocycles. The standard InChI is InChI=1S/C19H19FN2O2/c1-13-6-8-14(9-7-13)18-11-17(24-21-18)12-22(2)19(23)15-4-3-5-16(20)10-15/h3-10,17H,11-12H2,1-2H3/t17-/m0/s1. The Bertz CT molecular complexity index is 771. The Morgan fingerprint density at radius 1 is 1.29 bits per heavy atom. The van der Waals surface area contributed by atoms with Gasteiger partial charge in [-0.15, -0.1) is 0 Å². The lowest BCUT2D eigenvalue weighted by atomic mass is 10.0. The molecule has 1 atom stereocenters. The maximum absolute atomic E-state index is 13.2. The molecule has 1 aliphatic heterocycles. The zero-order valence-electron chi connectivity index (χ0n) is 13.7. The summed E-state index contributed by atoms with van der Waals surface area (Å²) in [5, 5.41) is 4.13. The molecule has 0 radical (unpaired) electrons. The van der Waals surface area contributed by atoms with E-state index < -0.39 is 5.82 Å². The van der Waals surface area contributed by atoms with Crippen molar-refractivity contribution in [2.45, 2.75) is 19.4 Å². The molecular formula is C19H19FN2O2. The van der Waals surface area contributed by atoms with Gasteiger partial charge in [0.05, 0.1) is 12.3 Å². The summed E-state index contributed by atoms with van der Waals surface area (Å²) in [6, 6.07) is 13.8. The number of amides is 1. The first-order chi connectivity index (χ1) is 11.5. The number of nitrogens with zero attached hydrogens (tertiary/aromatic N) is 2. The summed E-state index contributed by atoms with van der Waals surface area (Å²) in [5.41, 5.74) is 3.43. The Labute approximate surface area is 140 Å². The van der Waals surface area contributed by atoms with Crippen LogP contribution >= 0.6 is 0 Å². The maximum atomic E-state index is 13.2. The highest BCUT2D eigenvalue weighted by Crippen LogP contribution is 2.18. The number of oxime groups is 1. The molecule has 124 valence electrons. The predicted molar refractivity (Wildman–Crippen MR) is 90.6 cm³/mol. The predicted octanol–water partition coefficient (Wildman–Crippen LogP) is 3.40. The summed E-state index contributed by atoms with van der Waals surface area (Å²) in [4.78, 5) is 19.3. The van der Waals surface area contributed by atoms with Crippen molar-refractivity contribution in [1.29, 1.82) is 0 Å². The number of rotatable bonds is 4. The van der Waals surface area contributed by atoms with Gasteiger partial charge in [-0.1, -0.05) is 41.1 Å². The van der Waals surface area contributed by atoms with Crippen LogP contribution < -0.4 is 0 Å². The monoisotopic (exact) mass is 326 g/mol. The summed E-state index contributed by atoms with van der Waals surface area (Å²) in [7, 11) is 1.68. The molecule has 3 rings (SSSR count). The van der Waals surface area contributed by atoms with Crippen molar-refractivity contribution >= 4 is 11.6 Å². The topological polar surface area (TPSA) is 41.9 Å². The summed E-state index contributed by atoms with van der Waals surface area (Å²) >= 11 is 0. The van der Waals surface area contributed by atoms with E-state index in [-0.39, 0.29) is 12.0 Å². The van der Waals surface area contributed by atoms with E-state index in [0.717, 1.165) is 11.3 Å². The summed E-state index contributed by atoms with van der Waals surface area (Å²) in [5.74, 6) is -0.654. The number of likely N-dealkylation sites (N-methyl/N-ethyl adjacent to an activating group) is 1. The molecule has 0 spiro atoms. The summed E-state index contributed by atoms with van der Waals surface area (Å²) in [6.07, 6.45) is 0.452. The van der Waals surface area contributed by atoms with Crippen LogP contribution in [-0.2, 0) is 4.84 Å². The van der Waals surface area contributed by atoms with Gasteiger partial charge in [0.25, 0.3) is 5.91 Å². The molecule has 5 heteroatoms. The van der Waals surface area contributed by atoms with Crippen LogP contribution in [0.3, 0.4) is 0 Å². The second kappa shape index (κ2) is 6.83. The number of hydrogen-bond acceptors (Lipinski definition) is 3. The van der Waals surface area contributed by atoms with Gasteiger partial charge >= 0.3 is 0 Å². The van der Waals surface area contributed by atoms with E-state index in [2.05, 4.69) is 5.16 Å². The third-order valence-corrected chi connectivity index (χ3v) is 4.01. The molecule has 1 heterocycles. The minimum Gasteiger partial charge on any atom is -0.390 e. The van der Waals surface area contributed by atoms with Gasteiger partial charge in [0, 0.05) is 19.0 Å². The Balaban J connectivity index is 1.59. The van der Waals surface area contributed by atoms with E-state index in [4.69, 9.17) is 4.84 Å². The number of halogens is 1. The Hall–Kier alpha value is -2.69. The molecular weight excluding hydrogens is 307 g/mol. The van der Waals surface area contributed by atoms with Gasteiger partial charge in [0.15, 0.2) is 6.10 Å². The van der Waals surface area contributed by atoms with Crippen molar-refractivity contribution < 1.29 is 14.0 Å². The zero-order chi connectivity index (χ0) is 17.1. The fourth-order valence-corrected chi connectivity index (χ4v) is 2.67. The van der Waals surface area contributed by atoms with E-state index in [0.29, 0.717) is 18.5 Å². The third kappa shape index (κ3) is 3.62. The number of benzene rings is 2. The average molecular weight is 326 g/mol. The van der Waals surface area contributed by atoms with Crippen LogP contribution in [0.5, 0.6) is 0 Å². The molecule has 0 fully saturated rings. The van der Waals surface area contributed by atoms with Crippen LogP contribution in [-0.4, -0.2) is 36.2 Å². The van der Waals surface area contributed by atoms with Crippen LogP contribution in [0.25, 0.3) is 0 Å². The first-order valence-electron chi connectivity index (χ1n) is 7.83. The van der Waals surface area contributed by atoms with Gasteiger partial charge in [0.1, 0.15) is 5.82 Å².